The fourth-order valence-corrected chi connectivity index (χ4v) is 0.624. The lowest BCUT2D eigenvalue weighted by Crippen LogP contribution is -2.29. The second-order valence-electron chi connectivity index (χ2n) is 2.25. The van der Waals surface area contributed by atoms with Crippen LogP contribution in [-0.2, 0) is 9.63 Å². The van der Waals surface area contributed by atoms with Gasteiger partial charge in [0, 0.05) is 0 Å². The zero-order valence-electron chi connectivity index (χ0n) is 6.23. The van der Waals surface area contributed by atoms with E-state index in [2.05, 4.69) is 9.83 Å². The Labute approximate surface area is 64.2 Å². The first-order valence-electron chi connectivity index (χ1n) is 3.36. The highest BCUT2D eigenvalue weighted by atomic mass is 16.7. The van der Waals surface area contributed by atoms with E-state index in [0.29, 0.717) is 13.1 Å². The highest BCUT2D eigenvalue weighted by Gasteiger charge is 2.15. The van der Waals surface area contributed by atoms with Gasteiger partial charge in [0.05, 0.1) is 13.1 Å². The Bertz CT molecular complexity index is 179. The molecule has 1 N–H and O–H groups in total. The average molecular weight is 158 g/mol. The zero-order valence-corrected chi connectivity index (χ0v) is 6.23. The van der Waals surface area contributed by atoms with Gasteiger partial charge in [0.1, 0.15) is 6.34 Å². The minimum Gasteiger partial charge on any atom is -0.382 e. The minimum absolute atomic E-state index is 0.568. The van der Waals surface area contributed by atoms with Gasteiger partial charge < -0.3 is 9.94 Å². The Balaban J connectivity index is 2.30. The maximum absolute atomic E-state index is 10.7. The van der Waals surface area contributed by atoms with Crippen molar-refractivity contribution in [3.05, 3.63) is 0 Å². The highest BCUT2D eigenvalue weighted by molar-refractivity contribution is 5.74. The van der Waals surface area contributed by atoms with Crippen molar-refractivity contribution in [2.75, 3.05) is 13.1 Å². The summed E-state index contributed by atoms with van der Waals surface area (Å²) in [6.45, 7) is 2.56. The van der Waals surface area contributed by atoms with E-state index in [0.717, 1.165) is 0 Å². The molecule has 1 rings (SSSR count). The molecular formula is C6H10N2O3. The van der Waals surface area contributed by atoms with E-state index in [9.17, 15) is 4.79 Å². The minimum atomic E-state index is -1.08. The number of carbonyl (C=O) groups is 1. The van der Waals surface area contributed by atoms with Crippen molar-refractivity contribution in [3.8, 4) is 0 Å². The second kappa shape index (κ2) is 3.34. The fraction of sp³-hybridized carbons (Fsp3) is 0.667. The molecule has 62 valence electrons. The lowest BCUT2D eigenvalue weighted by atomic mass is 10.4. The predicted octanol–water partition coefficient (Wildman–Crippen LogP) is -0.831. The summed E-state index contributed by atoms with van der Waals surface area (Å²) in [7, 11) is 0. The van der Waals surface area contributed by atoms with E-state index < -0.39 is 12.1 Å². The van der Waals surface area contributed by atoms with Crippen LogP contribution in [0.15, 0.2) is 4.99 Å². The van der Waals surface area contributed by atoms with E-state index in [1.165, 1.54) is 18.3 Å². The van der Waals surface area contributed by atoms with Gasteiger partial charge >= 0.3 is 5.97 Å². The molecule has 1 aliphatic rings. The average Bonchev–Trinajstić information content (AvgIpc) is 2.39. The maximum atomic E-state index is 10.7. The Morgan fingerprint density at radius 2 is 2.64 bits per heavy atom. The molecular weight excluding hydrogens is 148 g/mol. The normalized spacial score (nSPS) is 18.5. The summed E-state index contributed by atoms with van der Waals surface area (Å²) < 4.78 is 0. The van der Waals surface area contributed by atoms with Crippen molar-refractivity contribution >= 4 is 12.3 Å². The molecule has 1 unspecified atom stereocenters. The lowest BCUT2D eigenvalue weighted by molar-refractivity contribution is -0.179. The molecule has 0 aromatic rings. The molecule has 0 amide bonds. The van der Waals surface area contributed by atoms with Crippen LogP contribution >= 0.6 is 0 Å². The topological polar surface area (TPSA) is 62.1 Å². The predicted molar refractivity (Wildman–Crippen MR) is 37.8 cm³/mol. The first-order chi connectivity index (χ1) is 5.20. The van der Waals surface area contributed by atoms with Crippen LogP contribution in [0.3, 0.4) is 0 Å². The Morgan fingerprint density at radius 3 is 3.09 bits per heavy atom. The summed E-state index contributed by atoms with van der Waals surface area (Å²) in [4.78, 5) is 19.2. The number of nitrogens with zero attached hydrogens (tertiary/aromatic N) is 2. The molecule has 0 radical (unpaired) electrons. The van der Waals surface area contributed by atoms with Crippen molar-refractivity contribution < 1.29 is 14.7 Å². The summed E-state index contributed by atoms with van der Waals surface area (Å²) in [5, 5.41) is 10.0. The molecule has 0 aromatic heterocycles. The van der Waals surface area contributed by atoms with Gasteiger partial charge in [-0.3, -0.25) is 4.99 Å². The van der Waals surface area contributed by atoms with Crippen LogP contribution in [0, 0.1) is 0 Å². The monoisotopic (exact) mass is 158 g/mol. The summed E-state index contributed by atoms with van der Waals surface area (Å²) >= 11 is 0. The Hall–Kier alpha value is -1.10. The summed E-state index contributed by atoms with van der Waals surface area (Å²) in [6.07, 6.45) is 0.351. The Kier molecular flexibility index (Phi) is 2.43. The molecule has 0 aromatic carbocycles. The molecule has 0 bridgehead atoms. The van der Waals surface area contributed by atoms with Crippen LogP contribution < -0.4 is 0 Å². The third-order valence-corrected chi connectivity index (χ3v) is 1.21. The third-order valence-electron chi connectivity index (χ3n) is 1.21. The molecule has 0 fully saturated rings. The fourth-order valence-electron chi connectivity index (χ4n) is 0.624. The van der Waals surface area contributed by atoms with E-state index in [4.69, 9.17) is 5.11 Å². The standard InChI is InChI=1S/C6H10N2O3/c1-5(9)6(10)11-8-3-2-7-4-8/h4-5,9H,2-3H2,1H3. The maximum Gasteiger partial charge on any atom is 0.360 e. The molecule has 0 saturated carbocycles. The number of aliphatic hydroxyl groups excluding tert-OH is 1. The van der Waals surface area contributed by atoms with Gasteiger partial charge in [-0.2, -0.15) is 5.06 Å². The lowest BCUT2D eigenvalue weighted by Gasteiger charge is -2.13. The van der Waals surface area contributed by atoms with Gasteiger partial charge in [0.25, 0.3) is 0 Å². The Morgan fingerprint density at radius 1 is 1.91 bits per heavy atom. The number of hydroxylamine groups is 2. The van der Waals surface area contributed by atoms with Gasteiger partial charge in [0.2, 0.25) is 0 Å². The van der Waals surface area contributed by atoms with Crippen molar-refractivity contribution in [1.29, 1.82) is 0 Å². The van der Waals surface area contributed by atoms with Gasteiger partial charge in [-0.15, -0.1) is 0 Å². The van der Waals surface area contributed by atoms with Crippen LogP contribution in [0.2, 0.25) is 0 Å². The molecule has 11 heavy (non-hydrogen) atoms. The first kappa shape index (κ1) is 8.00. The van der Waals surface area contributed by atoms with Crippen molar-refractivity contribution in [3.63, 3.8) is 0 Å². The second-order valence-corrected chi connectivity index (χ2v) is 2.25. The largest absolute Gasteiger partial charge is 0.382 e. The number of rotatable bonds is 2. The van der Waals surface area contributed by atoms with Crippen LogP contribution in [0.1, 0.15) is 6.92 Å². The van der Waals surface area contributed by atoms with Crippen molar-refractivity contribution in [1.82, 2.24) is 5.06 Å². The van der Waals surface area contributed by atoms with E-state index in [1.54, 1.807) is 0 Å². The third kappa shape index (κ3) is 2.19. The van der Waals surface area contributed by atoms with Crippen LogP contribution in [0.5, 0.6) is 0 Å². The van der Waals surface area contributed by atoms with Crippen LogP contribution in [0.4, 0.5) is 0 Å². The van der Waals surface area contributed by atoms with Gasteiger partial charge in [0.15, 0.2) is 6.10 Å². The summed E-state index contributed by atoms with van der Waals surface area (Å²) in [5.74, 6) is -0.654. The molecule has 5 heteroatoms. The van der Waals surface area contributed by atoms with E-state index in [-0.39, 0.29) is 0 Å². The van der Waals surface area contributed by atoms with Crippen LogP contribution in [0.25, 0.3) is 0 Å². The number of carbonyl (C=O) groups excluding carboxylic acids is 1. The summed E-state index contributed by atoms with van der Waals surface area (Å²) in [6, 6.07) is 0. The van der Waals surface area contributed by atoms with E-state index in [1.807, 2.05) is 0 Å². The van der Waals surface area contributed by atoms with Gasteiger partial charge in [-0.25, -0.2) is 4.79 Å². The first-order valence-corrected chi connectivity index (χ1v) is 3.36. The molecule has 1 atom stereocenters. The van der Waals surface area contributed by atoms with Gasteiger partial charge in [-0.1, -0.05) is 0 Å². The quantitative estimate of drug-likeness (QED) is 0.569. The molecule has 1 heterocycles. The molecule has 0 aliphatic carbocycles. The number of hydrogen-bond donors (Lipinski definition) is 1. The van der Waals surface area contributed by atoms with Crippen molar-refractivity contribution in [2.24, 2.45) is 4.99 Å². The molecule has 0 saturated heterocycles. The molecule has 1 aliphatic heterocycles. The SMILES string of the molecule is CC(O)C(=O)ON1C=NCC1. The smallest absolute Gasteiger partial charge is 0.360 e. The number of aliphatic hydroxyl groups is 1. The number of aliphatic imine (C=N–C) groups is 1. The van der Waals surface area contributed by atoms with Crippen molar-refractivity contribution in [2.45, 2.75) is 13.0 Å². The highest BCUT2D eigenvalue weighted by Crippen LogP contribution is 1.96. The van der Waals surface area contributed by atoms with E-state index >= 15 is 0 Å². The summed E-state index contributed by atoms with van der Waals surface area (Å²) in [5.41, 5.74) is 0. The zero-order chi connectivity index (χ0) is 8.27. The molecule has 5 nitrogen and oxygen atoms in total. The number of hydrogen-bond acceptors (Lipinski definition) is 5. The van der Waals surface area contributed by atoms with Crippen LogP contribution in [-0.4, -0.2) is 41.7 Å². The van der Waals surface area contributed by atoms with Gasteiger partial charge in [-0.05, 0) is 6.92 Å². The molecule has 0 spiro atoms.